The first-order chi connectivity index (χ1) is 8.75. The second-order valence-corrected chi connectivity index (χ2v) is 7.93. The molecule has 19 heavy (non-hydrogen) atoms. The summed E-state index contributed by atoms with van der Waals surface area (Å²) < 4.78 is 0. The highest BCUT2D eigenvalue weighted by Crippen LogP contribution is 2.52. The van der Waals surface area contributed by atoms with Crippen molar-refractivity contribution in [1.82, 2.24) is 10.2 Å². The molecule has 1 saturated carbocycles. The third-order valence-electron chi connectivity index (χ3n) is 4.95. The summed E-state index contributed by atoms with van der Waals surface area (Å²) in [4.78, 5) is 14.6. The molecule has 1 aliphatic carbocycles. The van der Waals surface area contributed by atoms with E-state index in [0.29, 0.717) is 35.4 Å². The Morgan fingerprint density at radius 2 is 2.05 bits per heavy atom. The number of fused-ring (bicyclic) bond motifs is 2. The largest absolute Gasteiger partial charge is 0.338 e. The fourth-order valence-electron chi connectivity index (χ4n) is 4.26. The van der Waals surface area contributed by atoms with Gasteiger partial charge in [0.25, 0.3) is 0 Å². The summed E-state index contributed by atoms with van der Waals surface area (Å²) in [6.45, 7) is 12.8. The van der Waals surface area contributed by atoms with E-state index in [1.165, 1.54) is 12.8 Å². The van der Waals surface area contributed by atoms with Crippen molar-refractivity contribution in [2.45, 2.75) is 72.4 Å². The van der Waals surface area contributed by atoms with Crippen molar-refractivity contribution in [2.24, 2.45) is 10.8 Å². The monoisotopic (exact) mass is 266 g/mol. The second kappa shape index (κ2) is 5.08. The smallest absolute Gasteiger partial charge is 0.236 e. The van der Waals surface area contributed by atoms with Gasteiger partial charge in [-0.15, -0.1) is 0 Å². The van der Waals surface area contributed by atoms with Crippen LogP contribution in [0.4, 0.5) is 0 Å². The van der Waals surface area contributed by atoms with Gasteiger partial charge in [0, 0.05) is 18.6 Å². The highest BCUT2D eigenvalue weighted by molar-refractivity contribution is 5.79. The molecule has 0 aromatic carbocycles. The van der Waals surface area contributed by atoms with Crippen LogP contribution in [-0.4, -0.2) is 36.0 Å². The van der Waals surface area contributed by atoms with Crippen LogP contribution in [0.2, 0.25) is 0 Å². The predicted octanol–water partition coefficient (Wildman–Crippen LogP) is 2.80. The Kier molecular flexibility index (Phi) is 3.97. The van der Waals surface area contributed by atoms with Gasteiger partial charge >= 0.3 is 0 Å². The van der Waals surface area contributed by atoms with Crippen LogP contribution in [0.15, 0.2) is 0 Å². The molecule has 0 aromatic heterocycles. The van der Waals surface area contributed by atoms with Gasteiger partial charge in [-0.25, -0.2) is 0 Å². The van der Waals surface area contributed by atoms with Gasteiger partial charge in [0.2, 0.25) is 5.91 Å². The predicted molar refractivity (Wildman–Crippen MR) is 79.0 cm³/mol. The molecule has 0 aromatic rings. The number of rotatable bonds is 4. The Bertz CT molecular complexity index is 353. The van der Waals surface area contributed by atoms with E-state index in [1.807, 2.05) is 0 Å². The van der Waals surface area contributed by atoms with Crippen molar-refractivity contribution < 1.29 is 4.79 Å². The Balaban J connectivity index is 1.97. The van der Waals surface area contributed by atoms with Gasteiger partial charge in [0.1, 0.15) is 0 Å². The van der Waals surface area contributed by atoms with E-state index < -0.39 is 0 Å². The van der Waals surface area contributed by atoms with E-state index in [2.05, 4.69) is 44.8 Å². The molecule has 1 aliphatic heterocycles. The number of likely N-dealkylation sites (tertiary alicyclic amines) is 1. The van der Waals surface area contributed by atoms with Crippen LogP contribution in [0.5, 0.6) is 0 Å². The molecule has 0 spiro atoms. The van der Waals surface area contributed by atoms with Crippen molar-refractivity contribution in [3.63, 3.8) is 0 Å². The minimum atomic E-state index is 0.298. The van der Waals surface area contributed by atoms with Gasteiger partial charge in [0.15, 0.2) is 0 Å². The van der Waals surface area contributed by atoms with E-state index >= 15 is 0 Å². The Morgan fingerprint density at radius 1 is 1.37 bits per heavy atom. The topological polar surface area (TPSA) is 32.3 Å². The van der Waals surface area contributed by atoms with E-state index in [0.717, 1.165) is 19.4 Å². The molecular weight excluding hydrogens is 236 g/mol. The first kappa shape index (κ1) is 14.8. The maximum Gasteiger partial charge on any atom is 0.236 e. The van der Waals surface area contributed by atoms with Crippen LogP contribution in [0.3, 0.4) is 0 Å². The van der Waals surface area contributed by atoms with Crippen molar-refractivity contribution in [2.75, 3.05) is 13.1 Å². The molecule has 110 valence electrons. The van der Waals surface area contributed by atoms with Gasteiger partial charge in [-0.05, 0) is 43.4 Å². The fourth-order valence-corrected chi connectivity index (χ4v) is 4.26. The van der Waals surface area contributed by atoms with Crippen LogP contribution in [0, 0.1) is 10.8 Å². The number of hydrogen-bond donors (Lipinski definition) is 1. The number of carbonyl (C=O) groups is 1. The molecule has 2 bridgehead atoms. The number of nitrogens with one attached hydrogen (secondary N) is 1. The van der Waals surface area contributed by atoms with Gasteiger partial charge < -0.3 is 10.2 Å². The lowest BCUT2D eigenvalue weighted by atomic mass is 9.65. The summed E-state index contributed by atoms with van der Waals surface area (Å²) in [5.41, 5.74) is 0.731. The lowest BCUT2D eigenvalue weighted by Crippen LogP contribution is -2.43. The molecule has 1 heterocycles. The van der Waals surface area contributed by atoms with Crippen LogP contribution in [-0.2, 0) is 4.79 Å². The molecule has 1 N–H and O–H groups in total. The highest BCUT2D eigenvalue weighted by atomic mass is 16.2. The number of amides is 1. The molecule has 3 heteroatoms. The third-order valence-corrected chi connectivity index (χ3v) is 4.95. The van der Waals surface area contributed by atoms with Crippen LogP contribution < -0.4 is 5.32 Å². The molecule has 1 amide bonds. The first-order valence-electron chi connectivity index (χ1n) is 7.77. The molecule has 3 atom stereocenters. The molecule has 1 saturated heterocycles. The molecule has 2 rings (SSSR count). The van der Waals surface area contributed by atoms with Crippen LogP contribution in [0.1, 0.15) is 60.3 Å². The molecule has 3 nitrogen and oxygen atoms in total. The average molecular weight is 266 g/mol. The van der Waals surface area contributed by atoms with Crippen molar-refractivity contribution in [1.29, 1.82) is 0 Å². The van der Waals surface area contributed by atoms with Gasteiger partial charge in [0.05, 0.1) is 6.54 Å². The summed E-state index contributed by atoms with van der Waals surface area (Å²) in [7, 11) is 0. The second-order valence-electron chi connectivity index (χ2n) is 7.93. The SMILES string of the molecule is CCC(C)NCC(=O)N1CC2(C)CC1CC(C)(C)C2. The number of nitrogens with zero attached hydrogens (tertiary/aromatic N) is 1. The highest BCUT2D eigenvalue weighted by Gasteiger charge is 2.50. The zero-order valence-electron chi connectivity index (χ0n) is 13.3. The Morgan fingerprint density at radius 3 is 2.68 bits per heavy atom. The fraction of sp³-hybridized carbons (Fsp3) is 0.938. The molecule has 0 radical (unpaired) electrons. The molecule has 2 aliphatic rings. The van der Waals surface area contributed by atoms with Crippen LogP contribution >= 0.6 is 0 Å². The normalized spacial score (nSPS) is 34.4. The van der Waals surface area contributed by atoms with E-state index in [-0.39, 0.29) is 0 Å². The lowest BCUT2D eigenvalue weighted by Gasteiger charge is -2.39. The van der Waals surface area contributed by atoms with Crippen molar-refractivity contribution in [3.8, 4) is 0 Å². The quantitative estimate of drug-likeness (QED) is 0.848. The van der Waals surface area contributed by atoms with Crippen molar-refractivity contribution >= 4 is 5.91 Å². The maximum absolute atomic E-state index is 12.4. The van der Waals surface area contributed by atoms with Crippen molar-refractivity contribution in [3.05, 3.63) is 0 Å². The van der Waals surface area contributed by atoms with E-state index in [4.69, 9.17) is 0 Å². The Labute approximate surface area is 118 Å². The van der Waals surface area contributed by atoms with Crippen LogP contribution in [0.25, 0.3) is 0 Å². The standard InChI is InChI=1S/C16H30N2O/c1-6-12(2)17-9-14(19)18-11-16(5)8-13(18)7-15(3,4)10-16/h12-13,17H,6-11H2,1-5H3. The summed E-state index contributed by atoms with van der Waals surface area (Å²) >= 11 is 0. The lowest BCUT2D eigenvalue weighted by molar-refractivity contribution is -0.131. The molecular formula is C16H30N2O. The maximum atomic E-state index is 12.4. The zero-order valence-corrected chi connectivity index (χ0v) is 13.3. The summed E-state index contributed by atoms with van der Waals surface area (Å²) in [6, 6.07) is 0.901. The first-order valence-corrected chi connectivity index (χ1v) is 7.77. The minimum absolute atomic E-state index is 0.298. The number of carbonyl (C=O) groups excluding carboxylic acids is 1. The Hall–Kier alpha value is -0.570. The summed E-state index contributed by atoms with van der Waals surface area (Å²) in [6.07, 6.45) is 4.68. The number of hydrogen-bond acceptors (Lipinski definition) is 2. The summed E-state index contributed by atoms with van der Waals surface area (Å²) in [5, 5.41) is 3.33. The van der Waals surface area contributed by atoms with Gasteiger partial charge in [-0.1, -0.05) is 27.7 Å². The zero-order chi connectivity index (χ0) is 14.3. The molecule has 2 fully saturated rings. The van der Waals surface area contributed by atoms with E-state index in [9.17, 15) is 4.79 Å². The average Bonchev–Trinajstić information content (AvgIpc) is 2.55. The van der Waals surface area contributed by atoms with Gasteiger partial charge in [-0.2, -0.15) is 0 Å². The summed E-state index contributed by atoms with van der Waals surface area (Å²) in [5.74, 6) is 0.298. The minimum Gasteiger partial charge on any atom is -0.338 e. The van der Waals surface area contributed by atoms with Gasteiger partial charge in [-0.3, -0.25) is 4.79 Å². The van der Waals surface area contributed by atoms with E-state index in [1.54, 1.807) is 0 Å². The molecule has 3 unspecified atom stereocenters. The third kappa shape index (κ3) is 3.31.